The fourth-order valence-electron chi connectivity index (χ4n) is 1.26. The second kappa shape index (κ2) is 4.41. The van der Waals surface area contributed by atoms with Crippen molar-refractivity contribution in [2.75, 3.05) is 19.6 Å². The number of carbonyl (C=O) groups is 3. The van der Waals surface area contributed by atoms with E-state index in [2.05, 4.69) is 0 Å². The Morgan fingerprint density at radius 3 is 2.73 bits per heavy atom. The highest BCUT2D eigenvalue weighted by Crippen LogP contribution is 2.09. The lowest BCUT2D eigenvalue weighted by Crippen LogP contribution is -2.39. The van der Waals surface area contributed by atoms with Crippen LogP contribution in [-0.4, -0.2) is 47.3 Å². The van der Waals surface area contributed by atoms with Crippen LogP contribution in [-0.2, 0) is 9.59 Å². The van der Waals surface area contributed by atoms with E-state index in [1.807, 2.05) is 6.07 Å². The van der Waals surface area contributed by atoms with Crippen LogP contribution >= 0.6 is 0 Å². The summed E-state index contributed by atoms with van der Waals surface area (Å²) in [6.07, 6.45) is 0.156. The van der Waals surface area contributed by atoms with Gasteiger partial charge in [-0.25, -0.2) is 4.79 Å². The zero-order valence-corrected chi connectivity index (χ0v) is 7.97. The molecule has 0 aromatic carbocycles. The maximum absolute atomic E-state index is 11.5. The van der Waals surface area contributed by atoms with Crippen molar-refractivity contribution in [1.29, 1.82) is 5.26 Å². The first-order valence-corrected chi connectivity index (χ1v) is 4.30. The number of rotatable bonds is 4. The third-order valence-electron chi connectivity index (χ3n) is 1.94. The van der Waals surface area contributed by atoms with Crippen molar-refractivity contribution in [1.82, 2.24) is 9.80 Å². The molecule has 0 spiro atoms. The predicted octanol–water partition coefficient (Wildman–Crippen LogP) is -1.35. The number of imide groups is 1. The lowest BCUT2D eigenvalue weighted by molar-refractivity contribution is -0.129. The first-order valence-electron chi connectivity index (χ1n) is 4.30. The fourth-order valence-corrected chi connectivity index (χ4v) is 1.26. The van der Waals surface area contributed by atoms with Crippen LogP contribution in [0.1, 0.15) is 6.42 Å². The molecule has 2 N–H and O–H groups in total. The van der Waals surface area contributed by atoms with E-state index in [1.54, 1.807) is 0 Å². The molecular formula is C8H10N4O3. The van der Waals surface area contributed by atoms with E-state index < -0.39 is 24.4 Å². The van der Waals surface area contributed by atoms with Crippen molar-refractivity contribution >= 4 is 17.8 Å². The van der Waals surface area contributed by atoms with Crippen molar-refractivity contribution < 1.29 is 14.4 Å². The molecule has 7 nitrogen and oxygen atoms in total. The van der Waals surface area contributed by atoms with E-state index in [4.69, 9.17) is 11.0 Å². The van der Waals surface area contributed by atoms with Gasteiger partial charge in [0.25, 0.3) is 5.91 Å². The van der Waals surface area contributed by atoms with Gasteiger partial charge in [-0.3, -0.25) is 14.5 Å². The summed E-state index contributed by atoms with van der Waals surface area (Å²) in [7, 11) is 0. The maximum Gasteiger partial charge on any atom is 0.327 e. The number of nitrogens with two attached hydrogens (primary N) is 1. The van der Waals surface area contributed by atoms with Gasteiger partial charge in [0, 0.05) is 6.54 Å². The lowest BCUT2D eigenvalue weighted by atomic mass is 10.4. The molecule has 1 rings (SSSR count). The Labute approximate surface area is 86.0 Å². The third kappa shape index (κ3) is 2.43. The molecule has 80 valence electrons. The third-order valence-corrected chi connectivity index (χ3v) is 1.94. The molecule has 0 bridgehead atoms. The van der Waals surface area contributed by atoms with Gasteiger partial charge in [-0.2, -0.15) is 5.26 Å². The van der Waals surface area contributed by atoms with Crippen molar-refractivity contribution in [3.63, 3.8) is 0 Å². The quantitative estimate of drug-likeness (QED) is 0.578. The SMILES string of the molecule is N#CCCN1CC(=O)N(CC(N)=O)C1=O. The highest BCUT2D eigenvalue weighted by atomic mass is 16.2. The summed E-state index contributed by atoms with van der Waals surface area (Å²) in [5, 5.41) is 8.33. The summed E-state index contributed by atoms with van der Waals surface area (Å²) >= 11 is 0. The molecule has 0 atom stereocenters. The van der Waals surface area contributed by atoms with Crippen LogP contribution in [0.5, 0.6) is 0 Å². The molecule has 1 fully saturated rings. The summed E-state index contributed by atoms with van der Waals surface area (Å²) in [6.45, 7) is -0.301. The monoisotopic (exact) mass is 210 g/mol. The minimum atomic E-state index is -0.737. The molecule has 1 aliphatic rings. The normalized spacial score (nSPS) is 15.7. The number of hydrogen-bond acceptors (Lipinski definition) is 4. The van der Waals surface area contributed by atoms with Gasteiger partial charge >= 0.3 is 6.03 Å². The lowest BCUT2D eigenvalue weighted by Gasteiger charge is -2.14. The highest BCUT2D eigenvalue weighted by Gasteiger charge is 2.36. The molecule has 0 aliphatic carbocycles. The second-order valence-corrected chi connectivity index (χ2v) is 3.06. The molecule has 0 saturated carbocycles. The first-order chi connectivity index (χ1) is 7.06. The Balaban J connectivity index is 2.62. The van der Waals surface area contributed by atoms with E-state index in [-0.39, 0.29) is 19.5 Å². The van der Waals surface area contributed by atoms with Crippen LogP contribution in [0, 0.1) is 11.3 Å². The standard InChI is InChI=1S/C8H10N4O3/c9-2-1-3-11-5-7(14)12(8(11)15)4-6(10)13/h1,3-5H2,(H2,10,13). The van der Waals surface area contributed by atoms with Gasteiger partial charge in [0.15, 0.2) is 0 Å². The van der Waals surface area contributed by atoms with E-state index >= 15 is 0 Å². The van der Waals surface area contributed by atoms with E-state index in [0.717, 1.165) is 4.90 Å². The van der Waals surface area contributed by atoms with Gasteiger partial charge in [0.05, 0.1) is 12.5 Å². The summed E-state index contributed by atoms with van der Waals surface area (Å²) in [5.41, 5.74) is 4.89. The molecule has 1 heterocycles. The summed E-state index contributed by atoms with van der Waals surface area (Å²) in [6, 6.07) is 1.31. The zero-order chi connectivity index (χ0) is 11.4. The summed E-state index contributed by atoms with van der Waals surface area (Å²) in [4.78, 5) is 35.3. The molecule has 15 heavy (non-hydrogen) atoms. The Bertz CT molecular complexity index is 346. The summed E-state index contributed by atoms with van der Waals surface area (Å²) < 4.78 is 0. The Hall–Kier alpha value is -2.10. The second-order valence-electron chi connectivity index (χ2n) is 3.06. The molecule has 0 unspecified atom stereocenters. The number of urea groups is 1. The van der Waals surface area contributed by atoms with E-state index in [0.29, 0.717) is 0 Å². The highest BCUT2D eigenvalue weighted by molar-refractivity contribution is 6.04. The number of hydrogen-bond donors (Lipinski definition) is 1. The van der Waals surface area contributed by atoms with Crippen LogP contribution in [0.15, 0.2) is 0 Å². The Morgan fingerprint density at radius 1 is 1.53 bits per heavy atom. The minimum Gasteiger partial charge on any atom is -0.368 e. The molecule has 4 amide bonds. The van der Waals surface area contributed by atoms with Crippen LogP contribution < -0.4 is 5.73 Å². The van der Waals surface area contributed by atoms with Gasteiger partial charge in [-0.05, 0) is 0 Å². The first kappa shape index (κ1) is 11.0. The molecule has 1 aliphatic heterocycles. The topological polar surface area (TPSA) is 108 Å². The van der Waals surface area contributed by atoms with Gasteiger partial charge < -0.3 is 10.6 Å². The van der Waals surface area contributed by atoms with Crippen molar-refractivity contribution in [3.8, 4) is 6.07 Å². The molecule has 7 heteroatoms. The number of primary amides is 1. The minimum absolute atomic E-state index is 0.0895. The van der Waals surface area contributed by atoms with Crippen molar-refractivity contribution in [2.45, 2.75) is 6.42 Å². The number of carbonyl (C=O) groups excluding carboxylic acids is 3. The van der Waals surface area contributed by atoms with Crippen LogP contribution in [0.25, 0.3) is 0 Å². The molecule has 1 saturated heterocycles. The zero-order valence-electron chi connectivity index (χ0n) is 7.97. The van der Waals surface area contributed by atoms with Crippen LogP contribution in [0.4, 0.5) is 4.79 Å². The fraction of sp³-hybridized carbons (Fsp3) is 0.500. The Kier molecular flexibility index (Phi) is 3.23. The average molecular weight is 210 g/mol. The smallest absolute Gasteiger partial charge is 0.327 e. The van der Waals surface area contributed by atoms with Gasteiger partial charge in [-0.1, -0.05) is 0 Å². The van der Waals surface area contributed by atoms with Gasteiger partial charge in [0.1, 0.15) is 13.1 Å². The molecular weight excluding hydrogens is 200 g/mol. The van der Waals surface area contributed by atoms with Gasteiger partial charge in [0.2, 0.25) is 5.91 Å². The van der Waals surface area contributed by atoms with Gasteiger partial charge in [-0.15, -0.1) is 0 Å². The molecule has 0 aromatic heterocycles. The maximum atomic E-state index is 11.5. The average Bonchev–Trinajstić information content (AvgIpc) is 2.42. The number of amides is 4. The van der Waals surface area contributed by atoms with E-state index in [1.165, 1.54) is 4.90 Å². The molecule has 0 radical (unpaired) electrons. The Morgan fingerprint density at radius 2 is 2.20 bits per heavy atom. The number of nitrogens with zero attached hydrogens (tertiary/aromatic N) is 3. The predicted molar refractivity (Wildman–Crippen MR) is 48.1 cm³/mol. The van der Waals surface area contributed by atoms with E-state index in [9.17, 15) is 14.4 Å². The largest absolute Gasteiger partial charge is 0.368 e. The summed E-state index contributed by atoms with van der Waals surface area (Å²) in [5.74, 6) is -1.20. The van der Waals surface area contributed by atoms with Crippen molar-refractivity contribution in [3.05, 3.63) is 0 Å². The van der Waals surface area contributed by atoms with Crippen molar-refractivity contribution in [2.24, 2.45) is 5.73 Å². The van der Waals surface area contributed by atoms with Crippen LogP contribution in [0.3, 0.4) is 0 Å². The van der Waals surface area contributed by atoms with Crippen LogP contribution in [0.2, 0.25) is 0 Å². The molecule has 0 aromatic rings. The number of nitriles is 1.